The average Bonchev–Trinajstić information content (AvgIpc) is 2.55. The number of hydrogen-bond donors (Lipinski definition) is 1. The van der Waals surface area contributed by atoms with Gasteiger partial charge in [-0.15, -0.1) is 0 Å². The highest BCUT2D eigenvalue weighted by Crippen LogP contribution is 2.16. The summed E-state index contributed by atoms with van der Waals surface area (Å²) in [7, 11) is 0. The Morgan fingerprint density at radius 1 is 1.04 bits per heavy atom. The van der Waals surface area contributed by atoms with Gasteiger partial charge in [0.1, 0.15) is 5.82 Å². The lowest BCUT2D eigenvalue weighted by Gasteiger charge is -2.35. The summed E-state index contributed by atoms with van der Waals surface area (Å²) in [5.74, 6) is 0.974. The number of pyridine rings is 1. The molecule has 2 heterocycles. The van der Waals surface area contributed by atoms with Crippen LogP contribution in [-0.2, 0) is 0 Å². The van der Waals surface area contributed by atoms with E-state index in [9.17, 15) is 4.79 Å². The quantitative estimate of drug-likeness (QED) is 0.927. The van der Waals surface area contributed by atoms with Crippen molar-refractivity contribution >= 4 is 17.5 Å². The fourth-order valence-corrected chi connectivity index (χ4v) is 2.93. The molecule has 1 aliphatic heterocycles. The van der Waals surface area contributed by atoms with Crippen molar-refractivity contribution in [3.05, 3.63) is 53.7 Å². The molecule has 0 atom stereocenters. The summed E-state index contributed by atoms with van der Waals surface area (Å²) in [5, 5.41) is 3.00. The van der Waals surface area contributed by atoms with Crippen LogP contribution >= 0.6 is 0 Å². The summed E-state index contributed by atoms with van der Waals surface area (Å²) in [5.41, 5.74) is 3.17. The van der Waals surface area contributed by atoms with Crippen LogP contribution in [-0.4, -0.2) is 42.1 Å². The van der Waals surface area contributed by atoms with E-state index in [1.54, 1.807) is 6.20 Å². The molecular formula is C18H22N4O. The Morgan fingerprint density at radius 2 is 1.74 bits per heavy atom. The zero-order valence-corrected chi connectivity index (χ0v) is 13.6. The van der Waals surface area contributed by atoms with Gasteiger partial charge in [-0.25, -0.2) is 9.78 Å². The molecule has 0 aliphatic carbocycles. The van der Waals surface area contributed by atoms with Crippen molar-refractivity contribution in [2.45, 2.75) is 13.8 Å². The van der Waals surface area contributed by atoms with Crippen molar-refractivity contribution in [2.75, 3.05) is 36.4 Å². The van der Waals surface area contributed by atoms with E-state index in [-0.39, 0.29) is 6.03 Å². The molecule has 1 fully saturated rings. The topological polar surface area (TPSA) is 48.5 Å². The predicted molar refractivity (Wildman–Crippen MR) is 93.0 cm³/mol. The van der Waals surface area contributed by atoms with Gasteiger partial charge in [0.2, 0.25) is 0 Å². The number of hydrogen-bond acceptors (Lipinski definition) is 3. The van der Waals surface area contributed by atoms with Crippen LogP contribution in [0.2, 0.25) is 0 Å². The molecule has 2 aromatic rings. The molecule has 23 heavy (non-hydrogen) atoms. The smallest absolute Gasteiger partial charge is 0.321 e. The van der Waals surface area contributed by atoms with Crippen molar-refractivity contribution in [1.29, 1.82) is 0 Å². The molecule has 0 bridgehead atoms. The number of carbonyl (C=O) groups excluding carboxylic acids is 1. The molecular weight excluding hydrogens is 288 g/mol. The third-order valence-electron chi connectivity index (χ3n) is 4.01. The van der Waals surface area contributed by atoms with Crippen LogP contribution in [0.4, 0.5) is 16.3 Å². The minimum absolute atomic E-state index is 0.0318. The summed E-state index contributed by atoms with van der Waals surface area (Å²) in [6.45, 7) is 7.08. The Bertz CT molecular complexity index is 658. The Labute approximate surface area is 136 Å². The first-order chi connectivity index (χ1) is 11.1. The van der Waals surface area contributed by atoms with Gasteiger partial charge < -0.3 is 15.1 Å². The first-order valence-corrected chi connectivity index (χ1v) is 7.92. The maximum atomic E-state index is 12.4. The summed E-state index contributed by atoms with van der Waals surface area (Å²) >= 11 is 0. The van der Waals surface area contributed by atoms with Crippen LogP contribution in [0.1, 0.15) is 11.1 Å². The lowest BCUT2D eigenvalue weighted by molar-refractivity contribution is 0.208. The van der Waals surface area contributed by atoms with Crippen molar-refractivity contribution in [2.24, 2.45) is 0 Å². The summed E-state index contributed by atoms with van der Waals surface area (Å²) < 4.78 is 0. The number of benzene rings is 1. The molecule has 1 saturated heterocycles. The monoisotopic (exact) mass is 310 g/mol. The normalized spacial score (nSPS) is 14.7. The minimum Gasteiger partial charge on any atom is -0.353 e. The molecule has 1 aliphatic rings. The van der Waals surface area contributed by atoms with E-state index in [1.807, 2.05) is 49.1 Å². The number of anilines is 2. The second kappa shape index (κ2) is 6.69. The van der Waals surface area contributed by atoms with E-state index < -0.39 is 0 Å². The zero-order valence-electron chi connectivity index (χ0n) is 13.6. The molecule has 0 spiro atoms. The van der Waals surface area contributed by atoms with Crippen LogP contribution in [0.5, 0.6) is 0 Å². The molecule has 0 unspecified atom stereocenters. The first-order valence-electron chi connectivity index (χ1n) is 7.92. The second-order valence-electron chi connectivity index (χ2n) is 5.97. The Morgan fingerprint density at radius 3 is 2.35 bits per heavy atom. The van der Waals surface area contributed by atoms with Gasteiger partial charge in [0.05, 0.1) is 0 Å². The number of aryl methyl sites for hydroxylation is 2. The van der Waals surface area contributed by atoms with Gasteiger partial charge >= 0.3 is 6.03 Å². The fraction of sp³-hybridized carbons (Fsp3) is 0.333. The van der Waals surface area contributed by atoms with E-state index in [0.29, 0.717) is 13.1 Å². The highest BCUT2D eigenvalue weighted by atomic mass is 16.2. The maximum absolute atomic E-state index is 12.4. The number of amides is 2. The highest BCUT2D eigenvalue weighted by molar-refractivity contribution is 5.89. The summed E-state index contributed by atoms with van der Waals surface area (Å²) in [6.07, 6.45) is 1.80. The largest absolute Gasteiger partial charge is 0.353 e. The fourth-order valence-electron chi connectivity index (χ4n) is 2.93. The highest BCUT2D eigenvalue weighted by Gasteiger charge is 2.21. The molecule has 0 saturated carbocycles. The van der Waals surface area contributed by atoms with Crippen LogP contribution < -0.4 is 10.2 Å². The molecule has 2 amide bonds. The number of nitrogens with one attached hydrogen (secondary N) is 1. The summed E-state index contributed by atoms with van der Waals surface area (Å²) in [4.78, 5) is 20.8. The Hall–Kier alpha value is -2.56. The molecule has 5 nitrogen and oxygen atoms in total. The van der Waals surface area contributed by atoms with E-state index in [1.165, 1.54) is 0 Å². The number of urea groups is 1. The molecule has 1 aromatic heterocycles. The van der Waals surface area contributed by atoms with Crippen molar-refractivity contribution in [1.82, 2.24) is 9.88 Å². The average molecular weight is 310 g/mol. The maximum Gasteiger partial charge on any atom is 0.321 e. The van der Waals surface area contributed by atoms with E-state index in [0.717, 1.165) is 35.7 Å². The van der Waals surface area contributed by atoms with Crippen LogP contribution in [0.25, 0.3) is 0 Å². The SMILES string of the molecule is Cc1cc(C)cc(NC(=O)N2CCN(c3ccccn3)CC2)c1. The van der Waals surface area contributed by atoms with Gasteiger partial charge in [-0.1, -0.05) is 12.1 Å². The van der Waals surface area contributed by atoms with Gasteiger partial charge in [-0.2, -0.15) is 0 Å². The number of piperazine rings is 1. The molecule has 1 N–H and O–H groups in total. The standard InChI is InChI=1S/C18H22N4O/c1-14-11-15(2)13-16(12-14)20-18(23)22-9-7-21(8-10-22)17-5-3-4-6-19-17/h3-6,11-13H,7-10H2,1-2H3,(H,20,23). The predicted octanol–water partition coefficient (Wildman–Crippen LogP) is 3.05. The second-order valence-corrected chi connectivity index (χ2v) is 5.97. The first kappa shape index (κ1) is 15.3. The molecule has 0 radical (unpaired) electrons. The lowest BCUT2D eigenvalue weighted by atomic mass is 10.1. The molecule has 5 heteroatoms. The van der Waals surface area contributed by atoms with Gasteiger partial charge in [0.15, 0.2) is 0 Å². The van der Waals surface area contributed by atoms with Crippen LogP contribution in [0, 0.1) is 13.8 Å². The Balaban J connectivity index is 1.58. The van der Waals surface area contributed by atoms with Crippen LogP contribution in [0.15, 0.2) is 42.6 Å². The number of rotatable bonds is 2. The van der Waals surface area contributed by atoms with Gasteiger partial charge in [0, 0.05) is 38.1 Å². The molecule has 1 aromatic carbocycles. The number of aromatic nitrogens is 1. The van der Waals surface area contributed by atoms with Crippen molar-refractivity contribution < 1.29 is 4.79 Å². The van der Waals surface area contributed by atoms with E-state index in [2.05, 4.69) is 21.3 Å². The van der Waals surface area contributed by atoms with Gasteiger partial charge in [-0.05, 0) is 49.2 Å². The Kier molecular flexibility index (Phi) is 4.46. The van der Waals surface area contributed by atoms with Crippen LogP contribution in [0.3, 0.4) is 0 Å². The van der Waals surface area contributed by atoms with Crippen molar-refractivity contribution in [3.8, 4) is 0 Å². The minimum atomic E-state index is -0.0318. The third-order valence-corrected chi connectivity index (χ3v) is 4.01. The molecule has 120 valence electrons. The van der Waals surface area contributed by atoms with E-state index >= 15 is 0 Å². The van der Waals surface area contributed by atoms with Gasteiger partial charge in [-0.3, -0.25) is 0 Å². The lowest BCUT2D eigenvalue weighted by Crippen LogP contribution is -2.50. The number of nitrogens with zero attached hydrogens (tertiary/aromatic N) is 3. The van der Waals surface area contributed by atoms with E-state index in [4.69, 9.17) is 0 Å². The molecule has 3 rings (SSSR count). The number of carbonyl (C=O) groups is 1. The summed E-state index contributed by atoms with van der Waals surface area (Å²) in [6, 6.07) is 12.0. The van der Waals surface area contributed by atoms with Gasteiger partial charge in [0.25, 0.3) is 0 Å². The van der Waals surface area contributed by atoms with Crippen molar-refractivity contribution in [3.63, 3.8) is 0 Å². The third kappa shape index (κ3) is 3.80. The zero-order chi connectivity index (χ0) is 16.2.